The third-order valence-corrected chi connectivity index (χ3v) is 2.41. The Labute approximate surface area is 95.0 Å². The van der Waals surface area contributed by atoms with Gasteiger partial charge in [-0.3, -0.25) is 0 Å². The van der Waals surface area contributed by atoms with Gasteiger partial charge in [-0.1, -0.05) is 26.0 Å². The van der Waals surface area contributed by atoms with Gasteiger partial charge in [0.05, 0.1) is 0 Å². The molecule has 2 N–H and O–H groups in total. The second-order valence-corrected chi connectivity index (χ2v) is 4.02. The Kier molecular flexibility index (Phi) is 4.62. The minimum Gasteiger partial charge on any atom is -0.330 e. The molecule has 1 aromatic carbocycles. The van der Waals surface area contributed by atoms with Crippen molar-refractivity contribution in [2.75, 3.05) is 6.54 Å². The Morgan fingerprint density at radius 1 is 1.31 bits per heavy atom. The first-order valence-corrected chi connectivity index (χ1v) is 5.41. The van der Waals surface area contributed by atoms with Crippen LogP contribution in [0.1, 0.15) is 25.8 Å². The van der Waals surface area contributed by atoms with Crippen LogP contribution in [0, 0.1) is 17.6 Å². The zero-order chi connectivity index (χ0) is 12.1. The van der Waals surface area contributed by atoms with E-state index in [1.807, 2.05) is 19.9 Å². The molecule has 1 aromatic rings. The first-order valence-electron chi connectivity index (χ1n) is 5.41. The van der Waals surface area contributed by atoms with Crippen LogP contribution in [0.2, 0.25) is 0 Å². The maximum absolute atomic E-state index is 13.1. The molecule has 0 saturated heterocycles. The lowest BCUT2D eigenvalue weighted by molar-refractivity contribution is 0.508. The molecule has 16 heavy (non-hydrogen) atoms. The molecule has 0 aliphatic rings. The predicted octanol–water partition coefficient (Wildman–Crippen LogP) is 3.35. The van der Waals surface area contributed by atoms with E-state index in [0.29, 0.717) is 6.54 Å². The van der Waals surface area contributed by atoms with E-state index >= 15 is 0 Å². The summed E-state index contributed by atoms with van der Waals surface area (Å²) in [6.45, 7) is 4.59. The third kappa shape index (κ3) is 3.14. The molecule has 1 rings (SSSR count). The van der Waals surface area contributed by atoms with Gasteiger partial charge in [0.25, 0.3) is 0 Å². The summed E-state index contributed by atoms with van der Waals surface area (Å²) in [5, 5.41) is 0. The van der Waals surface area contributed by atoms with Gasteiger partial charge in [-0.2, -0.15) is 0 Å². The second-order valence-electron chi connectivity index (χ2n) is 4.02. The number of allylic oxidation sites excluding steroid dienone is 1. The van der Waals surface area contributed by atoms with Gasteiger partial charge in [0.1, 0.15) is 0 Å². The molecule has 1 nitrogen and oxygen atoms in total. The van der Waals surface area contributed by atoms with Crippen molar-refractivity contribution in [3.8, 4) is 0 Å². The Balaban J connectivity index is 3.06. The summed E-state index contributed by atoms with van der Waals surface area (Å²) in [4.78, 5) is 0. The zero-order valence-electron chi connectivity index (χ0n) is 9.63. The van der Waals surface area contributed by atoms with E-state index in [0.717, 1.165) is 23.6 Å². The summed E-state index contributed by atoms with van der Waals surface area (Å²) >= 11 is 0. The summed E-state index contributed by atoms with van der Waals surface area (Å²) in [6, 6.07) is 3.99. The summed E-state index contributed by atoms with van der Waals surface area (Å²) in [7, 11) is 0. The number of nitrogens with two attached hydrogens (primary N) is 1. The summed E-state index contributed by atoms with van der Waals surface area (Å²) in [5.41, 5.74) is 7.16. The van der Waals surface area contributed by atoms with Gasteiger partial charge in [0, 0.05) is 0 Å². The fourth-order valence-electron chi connectivity index (χ4n) is 1.60. The fraction of sp³-hybridized carbons (Fsp3) is 0.385. The Morgan fingerprint density at radius 2 is 2.00 bits per heavy atom. The van der Waals surface area contributed by atoms with Gasteiger partial charge in [-0.05, 0) is 42.2 Å². The van der Waals surface area contributed by atoms with E-state index in [-0.39, 0.29) is 5.92 Å². The first kappa shape index (κ1) is 12.8. The molecule has 0 bridgehead atoms. The van der Waals surface area contributed by atoms with Crippen molar-refractivity contribution < 1.29 is 8.78 Å². The molecule has 0 aliphatic heterocycles. The maximum Gasteiger partial charge on any atom is 0.159 e. The highest BCUT2D eigenvalue weighted by Crippen LogP contribution is 2.24. The number of benzene rings is 1. The van der Waals surface area contributed by atoms with Crippen molar-refractivity contribution >= 4 is 5.57 Å². The molecule has 0 unspecified atom stereocenters. The largest absolute Gasteiger partial charge is 0.330 e. The van der Waals surface area contributed by atoms with Gasteiger partial charge in [0.15, 0.2) is 11.6 Å². The van der Waals surface area contributed by atoms with Crippen LogP contribution in [0.5, 0.6) is 0 Å². The number of rotatable bonds is 4. The van der Waals surface area contributed by atoms with Gasteiger partial charge < -0.3 is 5.73 Å². The number of hydrogen-bond donors (Lipinski definition) is 1. The van der Waals surface area contributed by atoms with Crippen molar-refractivity contribution in [1.29, 1.82) is 0 Å². The average molecular weight is 225 g/mol. The topological polar surface area (TPSA) is 26.0 Å². The monoisotopic (exact) mass is 225 g/mol. The quantitative estimate of drug-likeness (QED) is 0.835. The summed E-state index contributed by atoms with van der Waals surface area (Å²) in [5.74, 6) is -1.36. The van der Waals surface area contributed by atoms with Crippen LogP contribution in [0.15, 0.2) is 24.3 Å². The molecule has 0 radical (unpaired) electrons. The van der Waals surface area contributed by atoms with Gasteiger partial charge in [-0.15, -0.1) is 0 Å². The molecule has 0 saturated carbocycles. The van der Waals surface area contributed by atoms with Gasteiger partial charge >= 0.3 is 0 Å². The molecule has 0 aromatic heterocycles. The smallest absolute Gasteiger partial charge is 0.159 e. The normalized spacial score (nSPS) is 12.2. The molecule has 0 fully saturated rings. The molecule has 0 atom stereocenters. The summed E-state index contributed by atoms with van der Waals surface area (Å²) < 4.78 is 25.9. The SMILES string of the molecule is CC(C)/C(=C\CCN)c1ccc(F)c(F)c1. The van der Waals surface area contributed by atoms with Crippen molar-refractivity contribution in [2.45, 2.75) is 20.3 Å². The zero-order valence-corrected chi connectivity index (χ0v) is 9.63. The first-order chi connectivity index (χ1) is 7.56. The van der Waals surface area contributed by atoms with Crippen LogP contribution in [0.25, 0.3) is 5.57 Å². The van der Waals surface area contributed by atoms with Crippen LogP contribution >= 0.6 is 0 Å². The molecule has 0 aliphatic carbocycles. The average Bonchev–Trinajstić information content (AvgIpc) is 2.23. The second kappa shape index (κ2) is 5.75. The predicted molar refractivity (Wildman–Crippen MR) is 62.8 cm³/mol. The minimum absolute atomic E-state index is 0.261. The van der Waals surface area contributed by atoms with Crippen molar-refractivity contribution in [3.63, 3.8) is 0 Å². The van der Waals surface area contributed by atoms with Crippen LogP contribution in [-0.2, 0) is 0 Å². The molecule has 88 valence electrons. The third-order valence-electron chi connectivity index (χ3n) is 2.41. The Bertz CT molecular complexity index is 384. The standard InChI is InChI=1S/C13H17F2N/c1-9(2)11(4-3-7-16)10-5-6-12(14)13(15)8-10/h4-6,8-9H,3,7,16H2,1-2H3/b11-4+. The molecular weight excluding hydrogens is 208 g/mol. The van der Waals surface area contributed by atoms with E-state index in [9.17, 15) is 8.78 Å². The van der Waals surface area contributed by atoms with E-state index < -0.39 is 11.6 Å². The molecular formula is C13H17F2N. The van der Waals surface area contributed by atoms with Crippen LogP contribution in [-0.4, -0.2) is 6.54 Å². The maximum atomic E-state index is 13.1. The Hall–Kier alpha value is -1.22. The Morgan fingerprint density at radius 3 is 2.50 bits per heavy atom. The number of hydrogen-bond acceptors (Lipinski definition) is 1. The van der Waals surface area contributed by atoms with Crippen LogP contribution in [0.3, 0.4) is 0 Å². The number of halogens is 2. The van der Waals surface area contributed by atoms with Crippen molar-refractivity contribution in [2.24, 2.45) is 11.7 Å². The minimum atomic E-state index is -0.814. The molecule has 0 heterocycles. The lowest BCUT2D eigenvalue weighted by atomic mass is 9.94. The highest BCUT2D eigenvalue weighted by molar-refractivity contribution is 5.66. The molecule has 0 spiro atoms. The van der Waals surface area contributed by atoms with E-state index in [1.165, 1.54) is 6.07 Å². The van der Waals surface area contributed by atoms with Crippen molar-refractivity contribution in [3.05, 3.63) is 41.5 Å². The van der Waals surface area contributed by atoms with E-state index in [1.54, 1.807) is 6.07 Å². The van der Waals surface area contributed by atoms with Gasteiger partial charge in [0.2, 0.25) is 0 Å². The highest BCUT2D eigenvalue weighted by atomic mass is 19.2. The molecule has 0 amide bonds. The lowest BCUT2D eigenvalue weighted by Gasteiger charge is -2.12. The van der Waals surface area contributed by atoms with Crippen molar-refractivity contribution in [1.82, 2.24) is 0 Å². The highest BCUT2D eigenvalue weighted by Gasteiger charge is 2.09. The summed E-state index contributed by atoms with van der Waals surface area (Å²) in [6.07, 6.45) is 2.73. The van der Waals surface area contributed by atoms with Crippen LogP contribution < -0.4 is 5.73 Å². The fourth-order valence-corrected chi connectivity index (χ4v) is 1.60. The lowest BCUT2D eigenvalue weighted by Crippen LogP contribution is -2.00. The van der Waals surface area contributed by atoms with E-state index in [4.69, 9.17) is 5.73 Å². The van der Waals surface area contributed by atoms with Gasteiger partial charge in [-0.25, -0.2) is 8.78 Å². The molecule has 3 heteroatoms. The van der Waals surface area contributed by atoms with Crippen LogP contribution in [0.4, 0.5) is 8.78 Å². The van der Waals surface area contributed by atoms with E-state index in [2.05, 4.69) is 0 Å².